The van der Waals surface area contributed by atoms with Crippen molar-refractivity contribution in [3.63, 3.8) is 0 Å². The van der Waals surface area contributed by atoms with Crippen molar-refractivity contribution in [3.8, 4) is 5.75 Å². The van der Waals surface area contributed by atoms with Crippen molar-refractivity contribution in [2.24, 2.45) is 0 Å². The second-order valence-electron chi connectivity index (χ2n) is 5.58. The zero-order valence-corrected chi connectivity index (χ0v) is 12.3. The molecule has 0 aromatic heterocycles. The lowest BCUT2D eigenvalue weighted by Crippen LogP contribution is -2.07. The van der Waals surface area contributed by atoms with Gasteiger partial charge in [-0.3, -0.25) is 4.79 Å². The summed E-state index contributed by atoms with van der Waals surface area (Å²) < 4.78 is 5.67. The summed E-state index contributed by atoms with van der Waals surface area (Å²) >= 11 is 6.14. The van der Waals surface area contributed by atoms with Crippen LogP contribution in [0, 0.1) is 0 Å². The summed E-state index contributed by atoms with van der Waals surface area (Å²) in [6.45, 7) is 0.694. The first-order valence-electron chi connectivity index (χ1n) is 7.40. The third-order valence-electron chi connectivity index (χ3n) is 4.08. The first kappa shape index (κ1) is 13.7. The van der Waals surface area contributed by atoms with Crippen LogP contribution in [0.5, 0.6) is 5.75 Å². The van der Waals surface area contributed by atoms with Crippen molar-refractivity contribution in [2.75, 3.05) is 6.61 Å². The van der Waals surface area contributed by atoms with E-state index in [2.05, 4.69) is 6.08 Å². The summed E-state index contributed by atoms with van der Waals surface area (Å²) in [6, 6.07) is 3.82. The van der Waals surface area contributed by atoms with Gasteiger partial charge in [-0.05, 0) is 49.0 Å². The molecule has 0 spiro atoms. The van der Waals surface area contributed by atoms with Crippen LogP contribution in [0.15, 0.2) is 23.8 Å². The molecule has 0 unspecified atom stereocenters. The van der Waals surface area contributed by atoms with E-state index in [9.17, 15) is 4.79 Å². The zero-order chi connectivity index (χ0) is 13.9. The highest BCUT2D eigenvalue weighted by Gasteiger charge is 2.20. The average molecular weight is 291 g/mol. The normalized spacial score (nSPS) is 17.9. The van der Waals surface area contributed by atoms with E-state index in [0.29, 0.717) is 18.1 Å². The number of Topliss-reactive ketones (excluding diaryl/α,β-unsaturated/α-hetero) is 1. The van der Waals surface area contributed by atoms with E-state index in [1.54, 1.807) is 0 Å². The lowest BCUT2D eigenvalue weighted by atomic mass is 9.97. The third kappa shape index (κ3) is 2.90. The number of carbonyl (C=O) groups excluding carboxylic acids is 1. The van der Waals surface area contributed by atoms with E-state index in [4.69, 9.17) is 16.3 Å². The smallest absolute Gasteiger partial charge is 0.163 e. The fraction of sp³-hybridized carbons (Fsp3) is 0.471. The molecule has 0 atom stereocenters. The Morgan fingerprint density at radius 3 is 3.00 bits per heavy atom. The summed E-state index contributed by atoms with van der Waals surface area (Å²) in [6.07, 6.45) is 8.93. The molecule has 2 nitrogen and oxygen atoms in total. The van der Waals surface area contributed by atoms with Gasteiger partial charge in [-0.2, -0.15) is 0 Å². The summed E-state index contributed by atoms with van der Waals surface area (Å²) in [5.41, 5.74) is 3.07. The molecule has 1 aromatic rings. The van der Waals surface area contributed by atoms with E-state index >= 15 is 0 Å². The second-order valence-corrected chi connectivity index (χ2v) is 6.02. The monoisotopic (exact) mass is 290 g/mol. The van der Waals surface area contributed by atoms with E-state index in [1.165, 1.54) is 12.8 Å². The molecule has 1 heterocycles. The van der Waals surface area contributed by atoms with E-state index in [-0.39, 0.29) is 5.78 Å². The van der Waals surface area contributed by atoms with Crippen LogP contribution >= 0.6 is 11.6 Å². The molecule has 1 aliphatic heterocycles. The Bertz CT molecular complexity index is 560. The quantitative estimate of drug-likeness (QED) is 0.830. The lowest BCUT2D eigenvalue weighted by Gasteiger charge is -2.10. The van der Waals surface area contributed by atoms with Gasteiger partial charge >= 0.3 is 0 Å². The first-order chi connectivity index (χ1) is 9.74. The van der Waals surface area contributed by atoms with Gasteiger partial charge in [-0.1, -0.05) is 24.1 Å². The Kier molecular flexibility index (Phi) is 4.11. The Morgan fingerprint density at radius 2 is 2.10 bits per heavy atom. The lowest BCUT2D eigenvalue weighted by molar-refractivity contribution is -0.115. The standard InChI is InChI=1S/C17H19ClO2/c18-15-9-13-7-8-20-17(13)14(10-15)11-16(19)12-5-3-1-2-4-6-12/h5,9-10H,1-4,6-8,11H2. The molecule has 0 N–H and O–H groups in total. The van der Waals surface area contributed by atoms with Gasteiger partial charge in [0.25, 0.3) is 0 Å². The molecule has 0 bridgehead atoms. The molecule has 1 aromatic carbocycles. The Hall–Kier alpha value is -1.28. The number of hydrogen-bond acceptors (Lipinski definition) is 2. The summed E-state index contributed by atoms with van der Waals surface area (Å²) in [7, 11) is 0. The molecule has 20 heavy (non-hydrogen) atoms. The van der Waals surface area contributed by atoms with Crippen LogP contribution in [0.4, 0.5) is 0 Å². The van der Waals surface area contributed by atoms with Gasteiger partial charge in [0.2, 0.25) is 0 Å². The number of carbonyl (C=O) groups is 1. The predicted octanol–water partition coefficient (Wildman–Crippen LogP) is 4.28. The number of hydrogen-bond donors (Lipinski definition) is 0. The summed E-state index contributed by atoms with van der Waals surface area (Å²) in [5.74, 6) is 1.11. The molecule has 106 valence electrons. The zero-order valence-electron chi connectivity index (χ0n) is 11.6. The molecule has 3 heteroatoms. The highest BCUT2D eigenvalue weighted by Crippen LogP contribution is 2.34. The van der Waals surface area contributed by atoms with Crippen molar-refractivity contribution in [1.82, 2.24) is 0 Å². The minimum absolute atomic E-state index is 0.229. The number of allylic oxidation sites excluding steroid dienone is 2. The fourth-order valence-electron chi connectivity index (χ4n) is 3.03. The maximum absolute atomic E-state index is 12.5. The summed E-state index contributed by atoms with van der Waals surface area (Å²) in [4.78, 5) is 12.5. The molecule has 0 fully saturated rings. The number of halogens is 1. The van der Waals surface area contributed by atoms with Gasteiger partial charge in [0.05, 0.1) is 6.61 Å². The largest absolute Gasteiger partial charge is 0.493 e. The predicted molar refractivity (Wildman–Crippen MR) is 80.5 cm³/mol. The van der Waals surface area contributed by atoms with Gasteiger partial charge in [-0.25, -0.2) is 0 Å². The molecular formula is C17H19ClO2. The summed E-state index contributed by atoms with van der Waals surface area (Å²) in [5, 5.41) is 0.701. The molecule has 0 radical (unpaired) electrons. The van der Waals surface area contributed by atoms with Crippen molar-refractivity contribution in [2.45, 2.75) is 44.9 Å². The fourth-order valence-corrected chi connectivity index (χ4v) is 3.30. The molecule has 0 saturated heterocycles. The van der Waals surface area contributed by atoms with Crippen molar-refractivity contribution in [3.05, 3.63) is 39.9 Å². The Labute approximate surface area is 124 Å². The minimum Gasteiger partial charge on any atom is -0.493 e. The molecule has 1 aliphatic carbocycles. The van der Waals surface area contributed by atoms with Crippen LogP contribution in [0.25, 0.3) is 0 Å². The van der Waals surface area contributed by atoms with E-state index in [1.807, 2.05) is 12.1 Å². The SMILES string of the molecule is O=C(Cc1cc(Cl)cc2c1OCC2)C1=CCCCCC1. The maximum Gasteiger partial charge on any atom is 0.163 e. The van der Waals surface area contributed by atoms with Gasteiger partial charge in [0.1, 0.15) is 5.75 Å². The second kappa shape index (κ2) is 6.01. The molecular weight excluding hydrogens is 272 g/mol. The molecule has 3 rings (SSSR count). The number of ether oxygens (including phenoxy) is 1. The van der Waals surface area contributed by atoms with Gasteiger partial charge < -0.3 is 4.74 Å². The number of benzene rings is 1. The first-order valence-corrected chi connectivity index (χ1v) is 7.78. The maximum atomic E-state index is 12.5. The Morgan fingerprint density at radius 1 is 1.20 bits per heavy atom. The van der Waals surface area contributed by atoms with Crippen molar-refractivity contribution in [1.29, 1.82) is 0 Å². The van der Waals surface area contributed by atoms with Crippen LogP contribution in [0.2, 0.25) is 5.02 Å². The van der Waals surface area contributed by atoms with Crippen LogP contribution < -0.4 is 4.74 Å². The van der Waals surface area contributed by atoms with Crippen LogP contribution in [-0.4, -0.2) is 12.4 Å². The minimum atomic E-state index is 0.229. The van der Waals surface area contributed by atoms with Crippen molar-refractivity contribution >= 4 is 17.4 Å². The number of fused-ring (bicyclic) bond motifs is 1. The third-order valence-corrected chi connectivity index (χ3v) is 4.29. The van der Waals surface area contributed by atoms with E-state index < -0.39 is 0 Å². The molecule has 2 aliphatic rings. The number of rotatable bonds is 3. The number of ketones is 1. The topological polar surface area (TPSA) is 26.3 Å². The highest BCUT2D eigenvalue weighted by atomic mass is 35.5. The Balaban J connectivity index is 1.81. The van der Waals surface area contributed by atoms with Gasteiger partial charge in [0, 0.05) is 23.4 Å². The van der Waals surface area contributed by atoms with Gasteiger partial charge in [0.15, 0.2) is 5.78 Å². The highest BCUT2D eigenvalue weighted by molar-refractivity contribution is 6.30. The van der Waals surface area contributed by atoms with Crippen molar-refractivity contribution < 1.29 is 9.53 Å². The van der Waals surface area contributed by atoms with Crippen LogP contribution in [0.3, 0.4) is 0 Å². The van der Waals surface area contributed by atoms with Crippen LogP contribution in [-0.2, 0) is 17.6 Å². The average Bonchev–Trinajstić information content (AvgIpc) is 2.72. The van der Waals surface area contributed by atoms with Gasteiger partial charge in [-0.15, -0.1) is 0 Å². The van der Waals surface area contributed by atoms with E-state index in [0.717, 1.165) is 48.1 Å². The van der Waals surface area contributed by atoms with Crippen LogP contribution in [0.1, 0.15) is 43.2 Å². The molecule has 0 amide bonds. The molecule has 0 saturated carbocycles.